The largest absolute Gasteiger partial charge is 0.378 e. The molecule has 0 radical (unpaired) electrons. The zero-order chi connectivity index (χ0) is 14.3. The van der Waals surface area contributed by atoms with Gasteiger partial charge in [-0.15, -0.1) is 0 Å². The molecule has 0 saturated heterocycles. The lowest BCUT2D eigenvalue weighted by Crippen LogP contribution is -2.20. The van der Waals surface area contributed by atoms with Crippen molar-refractivity contribution in [2.45, 2.75) is 51.2 Å². The molecule has 1 saturated carbocycles. The standard InChI is InChI=1S/C18H26N2O/c1-2-5-17(6-3-1)21-12-4-10-19-14-15-7-8-16-9-11-20-18(16)13-15/h7-9,11,13,17,19-20H,1-6,10,12,14H2. The van der Waals surface area contributed by atoms with Crippen LogP contribution in [-0.4, -0.2) is 24.2 Å². The summed E-state index contributed by atoms with van der Waals surface area (Å²) in [6, 6.07) is 8.70. The molecule has 0 spiro atoms. The quantitative estimate of drug-likeness (QED) is 0.755. The minimum atomic E-state index is 0.536. The highest BCUT2D eigenvalue weighted by molar-refractivity contribution is 5.79. The van der Waals surface area contributed by atoms with E-state index in [1.165, 1.54) is 48.6 Å². The van der Waals surface area contributed by atoms with Gasteiger partial charge in [0.25, 0.3) is 0 Å². The molecule has 3 nitrogen and oxygen atoms in total. The molecular weight excluding hydrogens is 260 g/mol. The maximum atomic E-state index is 5.94. The second-order valence-electron chi connectivity index (χ2n) is 6.06. The SMILES string of the molecule is c1cc2ccc(CNCCCOC3CCCCC3)cc2[nH]1. The van der Waals surface area contributed by atoms with Crippen molar-refractivity contribution in [3.8, 4) is 0 Å². The number of hydrogen-bond donors (Lipinski definition) is 2. The molecular formula is C18H26N2O. The van der Waals surface area contributed by atoms with Crippen LogP contribution in [-0.2, 0) is 11.3 Å². The number of hydrogen-bond acceptors (Lipinski definition) is 2. The first-order chi connectivity index (χ1) is 10.4. The summed E-state index contributed by atoms with van der Waals surface area (Å²) in [6.07, 6.45) is 10.3. The van der Waals surface area contributed by atoms with E-state index in [0.29, 0.717) is 6.10 Å². The molecule has 1 fully saturated rings. The highest BCUT2D eigenvalue weighted by Gasteiger charge is 2.12. The minimum Gasteiger partial charge on any atom is -0.378 e. The summed E-state index contributed by atoms with van der Waals surface area (Å²) in [5.74, 6) is 0. The van der Waals surface area contributed by atoms with E-state index in [-0.39, 0.29) is 0 Å². The number of H-pyrrole nitrogens is 1. The number of aromatic amines is 1. The Morgan fingerprint density at radius 3 is 2.95 bits per heavy atom. The van der Waals surface area contributed by atoms with Gasteiger partial charge in [0.1, 0.15) is 0 Å². The Labute approximate surface area is 127 Å². The van der Waals surface area contributed by atoms with Gasteiger partial charge in [-0.05, 0) is 48.9 Å². The lowest BCUT2D eigenvalue weighted by Gasteiger charge is -2.21. The van der Waals surface area contributed by atoms with Crippen LogP contribution in [0.15, 0.2) is 30.5 Å². The molecule has 0 atom stereocenters. The molecule has 0 aliphatic heterocycles. The van der Waals surface area contributed by atoms with Crippen LogP contribution in [0, 0.1) is 0 Å². The van der Waals surface area contributed by atoms with Crippen molar-refractivity contribution in [3.63, 3.8) is 0 Å². The lowest BCUT2D eigenvalue weighted by molar-refractivity contribution is 0.0273. The van der Waals surface area contributed by atoms with Crippen LogP contribution in [0.4, 0.5) is 0 Å². The van der Waals surface area contributed by atoms with Crippen LogP contribution >= 0.6 is 0 Å². The molecule has 1 heterocycles. The fourth-order valence-corrected chi connectivity index (χ4v) is 3.12. The number of ether oxygens (including phenoxy) is 1. The molecule has 0 unspecified atom stereocenters. The van der Waals surface area contributed by atoms with E-state index in [1.54, 1.807) is 0 Å². The van der Waals surface area contributed by atoms with Gasteiger partial charge in [0.15, 0.2) is 0 Å². The number of benzene rings is 1. The predicted molar refractivity (Wildman–Crippen MR) is 87.4 cm³/mol. The highest BCUT2D eigenvalue weighted by atomic mass is 16.5. The van der Waals surface area contributed by atoms with Crippen molar-refractivity contribution in [1.82, 2.24) is 10.3 Å². The number of rotatable bonds is 7. The minimum absolute atomic E-state index is 0.536. The summed E-state index contributed by atoms with van der Waals surface area (Å²) < 4.78 is 5.94. The molecule has 1 aliphatic rings. The van der Waals surface area contributed by atoms with E-state index in [9.17, 15) is 0 Å². The zero-order valence-corrected chi connectivity index (χ0v) is 12.7. The summed E-state index contributed by atoms with van der Waals surface area (Å²) in [4.78, 5) is 3.26. The summed E-state index contributed by atoms with van der Waals surface area (Å²) in [6.45, 7) is 2.85. The number of fused-ring (bicyclic) bond motifs is 1. The molecule has 2 N–H and O–H groups in total. The van der Waals surface area contributed by atoms with Crippen LogP contribution in [0.3, 0.4) is 0 Å². The van der Waals surface area contributed by atoms with Gasteiger partial charge in [-0.3, -0.25) is 0 Å². The average molecular weight is 286 g/mol. The molecule has 2 aromatic rings. The van der Waals surface area contributed by atoms with E-state index >= 15 is 0 Å². The smallest absolute Gasteiger partial charge is 0.0575 e. The molecule has 3 rings (SSSR count). The Morgan fingerprint density at radius 2 is 2.05 bits per heavy atom. The average Bonchev–Trinajstić information content (AvgIpc) is 2.99. The van der Waals surface area contributed by atoms with Gasteiger partial charge in [0, 0.05) is 24.9 Å². The highest BCUT2D eigenvalue weighted by Crippen LogP contribution is 2.20. The topological polar surface area (TPSA) is 37.0 Å². The van der Waals surface area contributed by atoms with Gasteiger partial charge in [0.05, 0.1) is 6.10 Å². The van der Waals surface area contributed by atoms with E-state index in [0.717, 1.165) is 26.1 Å². The second-order valence-corrected chi connectivity index (χ2v) is 6.06. The Morgan fingerprint density at radius 1 is 1.14 bits per heavy atom. The Balaban J connectivity index is 1.30. The van der Waals surface area contributed by atoms with Crippen LogP contribution in [0.1, 0.15) is 44.1 Å². The van der Waals surface area contributed by atoms with E-state index in [2.05, 4.69) is 34.6 Å². The second kappa shape index (κ2) is 7.62. The summed E-state index contributed by atoms with van der Waals surface area (Å²) in [5, 5.41) is 4.78. The van der Waals surface area contributed by atoms with Crippen LogP contribution in [0.5, 0.6) is 0 Å². The third-order valence-corrected chi connectivity index (χ3v) is 4.35. The first kappa shape index (κ1) is 14.6. The Bertz CT molecular complexity index is 543. The summed E-state index contributed by atoms with van der Waals surface area (Å²) >= 11 is 0. The fraction of sp³-hybridized carbons (Fsp3) is 0.556. The maximum absolute atomic E-state index is 5.94. The van der Waals surface area contributed by atoms with E-state index < -0.39 is 0 Å². The lowest BCUT2D eigenvalue weighted by atomic mass is 9.98. The first-order valence-corrected chi connectivity index (χ1v) is 8.30. The molecule has 21 heavy (non-hydrogen) atoms. The third-order valence-electron chi connectivity index (χ3n) is 4.35. The molecule has 1 aromatic heterocycles. The van der Waals surface area contributed by atoms with E-state index in [1.807, 2.05) is 6.20 Å². The van der Waals surface area contributed by atoms with Crippen LogP contribution < -0.4 is 5.32 Å². The molecule has 1 aliphatic carbocycles. The summed E-state index contributed by atoms with van der Waals surface area (Å²) in [5.41, 5.74) is 2.55. The van der Waals surface area contributed by atoms with Crippen molar-refractivity contribution >= 4 is 10.9 Å². The number of aromatic nitrogens is 1. The normalized spacial score (nSPS) is 16.6. The molecule has 114 valence electrons. The fourth-order valence-electron chi connectivity index (χ4n) is 3.12. The van der Waals surface area contributed by atoms with Gasteiger partial charge >= 0.3 is 0 Å². The first-order valence-electron chi connectivity index (χ1n) is 8.30. The van der Waals surface area contributed by atoms with Gasteiger partial charge in [-0.2, -0.15) is 0 Å². The molecule has 1 aromatic carbocycles. The summed E-state index contributed by atoms with van der Waals surface area (Å²) in [7, 11) is 0. The van der Waals surface area contributed by atoms with Crippen LogP contribution in [0.2, 0.25) is 0 Å². The molecule has 3 heteroatoms. The maximum Gasteiger partial charge on any atom is 0.0575 e. The third kappa shape index (κ3) is 4.32. The van der Waals surface area contributed by atoms with Gasteiger partial charge in [-0.1, -0.05) is 31.4 Å². The monoisotopic (exact) mass is 286 g/mol. The van der Waals surface area contributed by atoms with Crippen molar-refractivity contribution < 1.29 is 4.74 Å². The predicted octanol–water partition coefficient (Wildman–Crippen LogP) is 4.00. The molecule has 0 bridgehead atoms. The van der Waals surface area contributed by atoms with E-state index in [4.69, 9.17) is 4.74 Å². The molecule has 0 amide bonds. The zero-order valence-electron chi connectivity index (χ0n) is 12.7. The van der Waals surface area contributed by atoms with Gasteiger partial charge in [-0.25, -0.2) is 0 Å². The van der Waals surface area contributed by atoms with Crippen molar-refractivity contribution in [2.75, 3.05) is 13.2 Å². The van der Waals surface area contributed by atoms with Crippen molar-refractivity contribution in [1.29, 1.82) is 0 Å². The van der Waals surface area contributed by atoms with Gasteiger partial charge < -0.3 is 15.0 Å². The van der Waals surface area contributed by atoms with Gasteiger partial charge in [0.2, 0.25) is 0 Å². The van der Waals surface area contributed by atoms with Crippen molar-refractivity contribution in [2.24, 2.45) is 0 Å². The Hall–Kier alpha value is -1.32. The van der Waals surface area contributed by atoms with Crippen molar-refractivity contribution in [3.05, 3.63) is 36.0 Å². The Kier molecular flexibility index (Phi) is 5.30. The van der Waals surface area contributed by atoms with Crippen LogP contribution in [0.25, 0.3) is 10.9 Å². The number of nitrogens with one attached hydrogen (secondary N) is 2.